The number of amides is 1. The highest BCUT2D eigenvalue weighted by atomic mass is 35.5. The first-order valence-corrected chi connectivity index (χ1v) is 10.7. The molecule has 9 heteroatoms. The molecule has 0 aliphatic rings. The average Bonchev–Trinajstić information content (AvgIpc) is 3.31. The second-order valence-electron chi connectivity index (χ2n) is 5.86. The highest BCUT2D eigenvalue weighted by Gasteiger charge is 2.23. The van der Waals surface area contributed by atoms with Crippen molar-refractivity contribution in [2.75, 3.05) is 5.32 Å². The van der Waals surface area contributed by atoms with Crippen LogP contribution in [-0.4, -0.2) is 30.9 Å². The topological polar surface area (TPSA) is 72.7 Å². The minimum absolute atomic E-state index is 0.0805. The van der Waals surface area contributed by atoms with E-state index in [1.54, 1.807) is 6.20 Å². The van der Waals surface area contributed by atoms with E-state index in [0.29, 0.717) is 28.3 Å². The van der Waals surface area contributed by atoms with Crippen LogP contribution in [0.15, 0.2) is 34.9 Å². The Kier molecular flexibility index (Phi) is 6.51. The number of anilines is 1. The number of aromatic nitrogens is 4. The average molecular weight is 422 g/mol. The summed E-state index contributed by atoms with van der Waals surface area (Å²) in [5, 5.41) is 15.1. The highest BCUT2D eigenvalue weighted by molar-refractivity contribution is 8.00. The van der Waals surface area contributed by atoms with Crippen LogP contribution in [0, 0.1) is 6.92 Å². The van der Waals surface area contributed by atoms with Crippen molar-refractivity contribution in [2.24, 2.45) is 0 Å². The number of thioether (sulfide) groups is 1. The molecule has 1 amide bonds. The van der Waals surface area contributed by atoms with Gasteiger partial charge in [0.1, 0.15) is 0 Å². The third-order valence-electron chi connectivity index (χ3n) is 4.04. The lowest BCUT2D eigenvalue weighted by Crippen LogP contribution is -2.25. The van der Waals surface area contributed by atoms with Gasteiger partial charge in [-0.2, -0.15) is 0 Å². The lowest BCUT2D eigenvalue weighted by molar-refractivity contribution is -0.115. The number of halogens is 1. The predicted molar refractivity (Wildman–Crippen MR) is 112 cm³/mol. The molecule has 142 valence electrons. The second kappa shape index (κ2) is 8.86. The first kappa shape index (κ1) is 19.9. The zero-order valence-corrected chi connectivity index (χ0v) is 17.7. The molecule has 0 aliphatic heterocycles. The van der Waals surface area contributed by atoms with Gasteiger partial charge in [0.15, 0.2) is 16.1 Å². The lowest BCUT2D eigenvalue weighted by Gasteiger charge is -2.14. The van der Waals surface area contributed by atoms with E-state index in [0.717, 1.165) is 17.0 Å². The van der Waals surface area contributed by atoms with Crippen LogP contribution in [0.1, 0.15) is 25.8 Å². The maximum atomic E-state index is 12.6. The summed E-state index contributed by atoms with van der Waals surface area (Å²) >= 11 is 9.07. The molecule has 1 atom stereocenters. The largest absolute Gasteiger partial charge is 0.302 e. The molecule has 6 nitrogen and oxygen atoms in total. The Morgan fingerprint density at radius 2 is 2.19 bits per heavy atom. The number of thiazole rings is 1. The van der Waals surface area contributed by atoms with Crippen molar-refractivity contribution < 1.29 is 4.79 Å². The van der Waals surface area contributed by atoms with Crippen LogP contribution in [0.2, 0.25) is 5.02 Å². The number of carbonyl (C=O) groups is 1. The fourth-order valence-electron chi connectivity index (χ4n) is 2.53. The molecular formula is C18H20ClN5OS2. The molecule has 0 radical (unpaired) electrons. The quantitative estimate of drug-likeness (QED) is 0.549. The molecule has 0 fully saturated rings. The smallest absolute Gasteiger partial charge is 0.239 e. The molecule has 1 N–H and O–H groups in total. The molecule has 0 saturated heterocycles. The molecule has 0 aliphatic carbocycles. The summed E-state index contributed by atoms with van der Waals surface area (Å²) in [5.74, 6) is 0.667. The standard InChI is InChI=1S/C18H20ClN5OS2/c1-4-14(16(25)21-17-20-8-9-26-17)27-18-23-22-15(24(18)5-2)12-7-6-11(3)13(19)10-12/h6-10,14H,4-5H2,1-3H3,(H,20,21,25)/t14-/m0/s1. The fourth-order valence-corrected chi connectivity index (χ4v) is 4.26. The van der Waals surface area contributed by atoms with Crippen LogP contribution in [-0.2, 0) is 11.3 Å². The van der Waals surface area contributed by atoms with Gasteiger partial charge in [-0.25, -0.2) is 4.98 Å². The van der Waals surface area contributed by atoms with Crippen molar-refractivity contribution >= 4 is 45.7 Å². The maximum Gasteiger partial charge on any atom is 0.239 e. The number of hydrogen-bond donors (Lipinski definition) is 1. The maximum absolute atomic E-state index is 12.6. The van der Waals surface area contributed by atoms with Gasteiger partial charge in [0.25, 0.3) is 0 Å². The van der Waals surface area contributed by atoms with Crippen molar-refractivity contribution in [1.82, 2.24) is 19.7 Å². The number of nitrogens with one attached hydrogen (secondary N) is 1. The Labute approximate surface area is 171 Å². The van der Waals surface area contributed by atoms with Crippen molar-refractivity contribution in [2.45, 2.75) is 44.1 Å². The Bertz CT molecular complexity index is 926. The monoisotopic (exact) mass is 421 g/mol. The van der Waals surface area contributed by atoms with Gasteiger partial charge >= 0.3 is 0 Å². The Hall–Kier alpha value is -1.90. The molecule has 0 saturated carbocycles. The molecule has 2 aromatic heterocycles. The Balaban J connectivity index is 1.82. The zero-order chi connectivity index (χ0) is 19.4. The van der Waals surface area contributed by atoms with E-state index in [4.69, 9.17) is 11.6 Å². The summed E-state index contributed by atoms with van der Waals surface area (Å²) in [6, 6.07) is 5.85. The van der Waals surface area contributed by atoms with Crippen LogP contribution in [0.4, 0.5) is 5.13 Å². The molecule has 3 aromatic rings. The molecule has 27 heavy (non-hydrogen) atoms. The Morgan fingerprint density at radius 1 is 1.37 bits per heavy atom. The summed E-state index contributed by atoms with van der Waals surface area (Å²) < 4.78 is 2.00. The predicted octanol–water partition coefficient (Wildman–Crippen LogP) is 4.89. The summed E-state index contributed by atoms with van der Waals surface area (Å²) in [5.41, 5.74) is 1.93. The highest BCUT2D eigenvalue weighted by Crippen LogP contribution is 2.30. The van der Waals surface area contributed by atoms with Crippen LogP contribution in [0.25, 0.3) is 11.4 Å². The van der Waals surface area contributed by atoms with Gasteiger partial charge in [-0.15, -0.1) is 21.5 Å². The summed E-state index contributed by atoms with van der Waals surface area (Å²) in [4.78, 5) is 16.7. The first-order valence-electron chi connectivity index (χ1n) is 8.60. The normalized spacial score (nSPS) is 12.1. The summed E-state index contributed by atoms with van der Waals surface area (Å²) in [6.45, 7) is 6.67. The summed E-state index contributed by atoms with van der Waals surface area (Å²) in [6.07, 6.45) is 2.34. The van der Waals surface area contributed by atoms with E-state index in [-0.39, 0.29) is 11.2 Å². The number of rotatable bonds is 7. The lowest BCUT2D eigenvalue weighted by atomic mass is 10.1. The van der Waals surface area contributed by atoms with Crippen LogP contribution >= 0.6 is 34.7 Å². The molecule has 0 unspecified atom stereocenters. The third-order valence-corrected chi connectivity index (χ3v) is 6.48. The van der Waals surface area contributed by atoms with Crippen molar-refractivity contribution in [3.8, 4) is 11.4 Å². The third kappa shape index (κ3) is 4.51. The number of aryl methyl sites for hydroxylation is 1. The van der Waals surface area contributed by atoms with Gasteiger partial charge in [0, 0.05) is 28.7 Å². The number of carbonyl (C=O) groups excluding carboxylic acids is 1. The van der Waals surface area contributed by atoms with E-state index >= 15 is 0 Å². The van der Waals surface area contributed by atoms with Gasteiger partial charge < -0.3 is 9.88 Å². The summed E-state index contributed by atoms with van der Waals surface area (Å²) in [7, 11) is 0. The molecule has 0 bridgehead atoms. The van der Waals surface area contributed by atoms with Crippen molar-refractivity contribution in [3.63, 3.8) is 0 Å². The molecule has 1 aromatic carbocycles. The molecule has 2 heterocycles. The number of nitrogens with zero attached hydrogens (tertiary/aromatic N) is 4. The Morgan fingerprint density at radius 3 is 2.81 bits per heavy atom. The zero-order valence-electron chi connectivity index (χ0n) is 15.3. The number of hydrogen-bond acceptors (Lipinski definition) is 6. The van der Waals surface area contributed by atoms with E-state index in [9.17, 15) is 4.79 Å². The van der Waals surface area contributed by atoms with Crippen molar-refractivity contribution in [1.29, 1.82) is 0 Å². The van der Waals surface area contributed by atoms with Gasteiger partial charge in [-0.3, -0.25) is 4.79 Å². The fraction of sp³-hybridized carbons (Fsp3) is 0.333. The van der Waals surface area contributed by atoms with Crippen LogP contribution in [0.5, 0.6) is 0 Å². The van der Waals surface area contributed by atoms with Gasteiger partial charge in [0.2, 0.25) is 5.91 Å². The van der Waals surface area contributed by atoms with E-state index in [1.165, 1.54) is 23.1 Å². The molecular weight excluding hydrogens is 402 g/mol. The second-order valence-corrected chi connectivity index (χ2v) is 8.33. The van der Waals surface area contributed by atoms with E-state index in [1.807, 2.05) is 48.9 Å². The minimum atomic E-state index is -0.280. The van der Waals surface area contributed by atoms with E-state index in [2.05, 4.69) is 20.5 Å². The number of benzene rings is 1. The van der Waals surface area contributed by atoms with Crippen molar-refractivity contribution in [3.05, 3.63) is 40.4 Å². The van der Waals surface area contributed by atoms with Gasteiger partial charge in [-0.05, 0) is 31.9 Å². The van der Waals surface area contributed by atoms with Crippen LogP contribution < -0.4 is 5.32 Å². The van der Waals surface area contributed by atoms with E-state index < -0.39 is 0 Å². The SMILES string of the molecule is CC[C@H](Sc1nnc(-c2ccc(C)c(Cl)c2)n1CC)C(=O)Nc1nccs1. The molecule has 0 spiro atoms. The minimum Gasteiger partial charge on any atom is -0.302 e. The van der Waals surface area contributed by atoms with Gasteiger partial charge in [-0.1, -0.05) is 42.4 Å². The van der Waals surface area contributed by atoms with Gasteiger partial charge in [0.05, 0.1) is 5.25 Å². The molecule has 3 rings (SSSR count). The first-order chi connectivity index (χ1) is 13.0. The van der Waals surface area contributed by atoms with Crippen LogP contribution in [0.3, 0.4) is 0 Å².